The fraction of sp³-hybridized carbons (Fsp3) is 0.462. The summed E-state index contributed by atoms with van der Waals surface area (Å²) >= 11 is 0. The molecule has 1 N–H and O–H groups in total. The van der Waals surface area contributed by atoms with Crippen LogP contribution < -0.4 is 5.32 Å². The topological polar surface area (TPSA) is 90.4 Å². The van der Waals surface area contributed by atoms with Crippen molar-refractivity contribution < 1.29 is 14.1 Å². The molecule has 0 fully saturated rings. The molecular formula is C13H17N3O4. The van der Waals surface area contributed by atoms with Crippen LogP contribution in [0.4, 0.5) is 11.7 Å². The Morgan fingerprint density at radius 3 is 3.00 bits per heavy atom. The predicted molar refractivity (Wildman–Crippen MR) is 74.9 cm³/mol. The third-order valence-corrected chi connectivity index (χ3v) is 2.88. The Bertz CT molecular complexity index is 582. The molecule has 0 unspecified atom stereocenters. The molecule has 1 aromatic heterocycles. The molecule has 0 saturated carbocycles. The molecule has 0 amide bonds. The molecular weight excluding hydrogens is 262 g/mol. The second-order valence-electron chi connectivity index (χ2n) is 4.41. The van der Waals surface area contributed by atoms with Crippen molar-refractivity contribution in [1.29, 1.82) is 0 Å². The maximum Gasteiger partial charge on any atom is 0.295 e. The summed E-state index contributed by atoms with van der Waals surface area (Å²) in [6, 6.07) is 4.77. The normalized spacial score (nSPS) is 10.8. The summed E-state index contributed by atoms with van der Waals surface area (Å²) in [4.78, 5) is 14.4. The van der Waals surface area contributed by atoms with Crippen molar-refractivity contribution in [1.82, 2.24) is 4.98 Å². The van der Waals surface area contributed by atoms with E-state index in [0.29, 0.717) is 17.1 Å². The van der Waals surface area contributed by atoms with E-state index in [1.54, 1.807) is 13.2 Å². The lowest BCUT2D eigenvalue weighted by atomic mass is 10.2. The SMILES string of the molecule is COCCCCCNc1nc2cc([N+](=O)[O-])ccc2o1. The highest BCUT2D eigenvalue weighted by atomic mass is 16.6. The van der Waals surface area contributed by atoms with E-state index in [1.165, 1.54) is 12.1 Å². The third kappa shape index (κ3) is 3.67. The Labute approximate surface area is 116 Å². The molecule has 0 radical (unpaired) electrons. The van der Waals surface area contributed by atoms with E-state index in [9.17, 15) is 10.1 Å². The highest BCUT2D eigenvalue weighted by Gasteiger charge is 2.11. The first-order valence-corrected chi connectivity index (χ1v) is 6.48. The maximum atomic E-state index is 10.7. The van der Waals surface area contributed by atoms with Gasteiger partial charge in [0.25, 0.3) is 11.7 Å². The van der Waals surface area contributed by atoms with Gasteiger partial charge in [0.15, 0.2) is 5.58 Å². The van der Waals surface area contributed by atoms with E-state index < -0.39 is 4.92 Å². The van der Waals surface area contributed by atoms with Crippen molar-refractivity contribution in [2.75, 3.05) is 25.6 Å². The molecule has 108 valence electrons. The molecule has 0 aliphatic heterocycles. The molecule has 20 heavy (non-hydrogen) atoms. The lowest BCUT2D eigenvalue weighted by Crippen LogP contribution is -2.02. The second kappa shape index (κ2) is 6.85. The highest BCUT2D eigenvalue weighted by Crippen LogP contribution is 2.23. The van der Waals surface area contributed by atoms with Crippen molar-refractivity contribution in [2.45, 2.75) is 19.3 Å². The van der Waals surface area contributed by atoms with Gasteiger partial charge in [0.1, 0.15) is 5.52 Å². The molecule has 2 rings (SSSR count). The Balaban J connectivity index is 1.89. The molecule has 2 aromatic rings. The summed E-state index contributed by atoms with van der Waals surface area (Å²) in [5.74, 6) is 0. The highest BCUT2D eigenvalue weighted by molar-refractivity contribution is 5.77. The minimum atomic E-state index is -0.447. The lowest BCUT2D eigenvalue weighted by molar-refractivity contribution is -0.384. The summed E-state index contributed by atoms with van der Waals surface area (Å²) in [5, 5.41) is 13.7. The number of unbranched alkanes of at least 4 members (excludes halogenated alkanes) is 2. The Kier molecular flexibility index (Phi) is 4.89. The van der Waals surface area contributed by atoms with Crippen LogP contribution in [0.1, 0.15) is 19.3 Å². The van der Waals surface area contributed by atoms with Crippen LogP contribution in [0.3, 0.4) is 0 Å². The Hall–Kier alpha value is -2.15. The second-order valence-corrected chi connectivity index (χ2v) is 4.41. The number of fused-ring (bicyclic) bond motifs is 1. The van der Waals surface area contributed by atoms with Crippen LogP contribution in [-0.2, 0) is 4.74 Å². The zero-order chi connectivity index (χ0) is 14.4. The predicted octanol–water partition coefficient (Wildman–Crippen LogP) is 2.96. The number of non-ortho nitro benzene ring substituents is 1. The van der Waals surface area contributed by atoms with Gasteiger partial charge in [-0.15, -0.1) is 0 Å². The van der Waals surface area contributed by atoms with Gasteiger partial charge >= 0.3 is 0 Å². The Morgan fingerprint density at radius 1 is 1.40 bits per heavy atom. The van der Waals surface area contributed by atoms with Gasteiger partial charge in [-0.1, -0.05) is 0 Å². The molecule has 7 heteroatoms. The molecule has 0 aliphatic carbocycles. The largest absolute Gasteiger partial charge is 0.424 e. The zero-order valence-corrected chi connectivity index (χ0v) is 11.3. The van der Waals surface area contributed by atoms with E-state index in [1.807, 2.05) is 0 Å². The quantitative estimate of drug-likeness (QED) is 0.454. The van der Waals surface area contributed by atoms with E-state index in [2.05, 4.69) is 10.3 Å². The molecule has 1 heterocycles. The molecule has 0 atom stereocenters. The smallest absolute Gasteiger partial charge is 0.295 e. The van der Waals surface area contributed by atoms with Gasteiger partial charge in [-0.05, 0) is 25.3 Å². The molecule has 1 aromatic carbocycles. The standard InChI is InChI=1S/C13H17N3O4/c1-19-8-4-2-3-7-14-13-15-11-9-10(16(17)18)5-6-12(11)20-13/h5-6,9H,2-4,7-8H2,1H3,(H,14,15). The Morgan fingerprint density at radius 2 is 2.25 bits per heavy atom. The summed E-state index contributed by atoms with van der Waals surface area (Å²) < 4.78 is 10.4. The van der Waals surface area contributed by atoms with Crippen molar-refractivity contribution >= 4 is 22.8 Å². The summed E-state index contributed by atoms with van der Waals surface area (Å²) in [5.41, 5.74) is 1.04. The number of nitrogens with one attached hydrogen (secondary N) is 1. The number of methoxy groups -OCH3 is 1. The summed E-state index contributed by atoms with van der Waals surface area (Å²) in [6.07, 6.45) is 3.08. The van der Waals surface area contributed by atoms with E-state index in [4.69, 9.17) is 9.15 Å². The number of anilines is 1. The number of nitro benzene ring substituents is 1. The maximum absolute atomic E-state index is 10.7. The number of aromatic nitrogens is 1. The molecule has 0 bridgehead atoms. The van der Waals surface area contributed by atoms with E-state index in [-0.39, 0.29) is 5.69 Å². The third-order valence-electron chi connectivity index (χ3n) is 2.88. The van der Waals surface area contributed by atoms with Gasteiger partial charge in [-0.3, -0.25) is 10.1 Å². The minimum Gasteiger partial charge on any atom is -0.424 e. The molecule has 7 nitrogen and oxygen atoms in total. The fourth-order valence-corrected chi connectivity index (χ4v) is 1.85. The number of nitro groups is 1. The van der Waals surface area contributed by atoms with Crippen molar-refractivity contribution in [3.63, 3.8) is 0 Å². The average Bonchev–Trinajstić information content (AvgIpc) is 2.84. The molecule has 0 saturated heterocycles. The summed E-state index contributed by atoms with van der Waals surface area (Å²) in [7, 11) is 1.69. The number of ether oxygens (including phenoxy) is 1. The minimum absolute atomic E-state index is 0.0110. The van der Waals surface area contributed by atoms with Crippen molar-refractivity contribution in [3.05, 3.63) is 28.3 Å². The van der Waals surface area contributed by atoms with Crippen LogP contribution in [0.15, 0.2) is 22.6 Å². The monoisotopic (exact) mass is 279 g/mol. The number of hydrogen-bond donors (Lipinski definition) is 1. The average molecular weight is 279 g/mol. The summed E-state index contributed by atoms with van der Waals surface area (Å²) in [6.45, 7) is 1.52. The van der Waals surface area contributed by atoms with E-state index >= 15 is 0 Å². The van der Waals surface area contributed by atoms with Crippen molar-refractivity contribution in [3.8, 4) is 0 Å². The van der Waals surface area contributed by atoms with Crippen LogP contribution in [-0.4, -0.2) is 30.2 Å². The van der Waals surface area contributed by atoms with Gasteiger partial charge < -0.3 is 14.5 Å². The van der Waals surface area contributed by atoms with Crippen LogP contribution in [0.5, 0.6) is 0 Å². The van der Waals surface area contributed by atoms with Crippen molar-refractivity contribution in [2.24, 2.45) is 0 Å². The number of hydrogen-bond acceptors (Lipinski definition) is 6. The first kappa shape index (κ1) is 14.3. The first-order valence-electron chi connectivity index (χ1n) is 6.48. The lowest BCUT2D eigenvalue weighted by Gasteiger charge is -2.01. The number of oxazole rings is 1. The first-order chi connectivity index (χ1) is 9.70. The van der Waals surface area contributed by atoms with E-state index in [0.717, 1.165) is 32.4 Å². The van der Waals surface area contributed by atoms with Gasteiger partial charge in [0, 0.05) is 32.4 Å². The van der Waals surface area contributed by atoms with Crippen LogP contribution >= 0.6 is 0 Å². The van der Waals surface area contributed by atoms with Gasteiger partial charge in [0.05, 0.1) is 4.92 Å². The van der Waals surface area contributed by atoms with Crippen LogP contribution in [0.2, 0.25) is 0 Å². The van der Waals surface area contributed by atoms with Gasteiger partial charge in [-0.25, -0.2) is 0 Å². The number of benzene rings is 1. The van der Waals surface area contributed by atoms with Crippen LogP contribution in [0.25, 0.3) is 11.1 Å². The fourth-order valence-electron chi connectivity index (χ4n) is 1.85. The number of nitrogens with zero attached hydrogens (tertiary/aromatic N) is 2. The molecule has 0 spiro atoms. The van der Waals surface area contributed by atoms with Gasteiger partial charge in [-0.2, -0.15) is 4.98 Å². The molecule has 0 aliphatic rings. The van der Waals surface area contributed by atoms with Gasteiger partial charge in [0.2, 0.25) is 0 Å². The zero-order valence-electron chi connectivity index (χ0n) is 11.3. The van der Waals surface area contributed by atoms with Crippen LogP contribution in [0, 0.1) is 10.1 Å². The number of rotatable bonds is 8.